The molecule has 0 saturated heterocycles. The Kier molecular flexibility index (Phi) is 12.5. The van der Waals surface area contributed by atoms with Gasteiger partial charge in [-0.15, -0.1) is 0 Å². The molecule has 0 atom stereocenters. The van der Waals surface area contributed by atoms with E-state index in [1.54, 1.807) is 12.2 Å². The molecular formula is C22H32N2O. The molecule has 0 aromatic rings. The first-order chi connectivity index (χ1) is 12.0. The maximum atomic E-state index is 9.19. The molecule has 0 spiro atoms. The zero-order valence-electron chi connectivity index (χ0n) is 15.8. The summed E-state index contributed by atoms with van der Waals surface area (Å²) in [7, 11) is 3.71. The molecule has 0 aromatic heterocycles. The SMILES string of the molecule is C=CC(=C/CO)/C(=C\NC)CC/C(=C/C=C\C)C(=C)C(=C)/C=C\NC. The van der Waals surface area contributed by atoms with Crippen LogP contribution in [0.15, 0.2) is 96.5 Å². The normalized spacial score (nSPS) is 13.4. The predicted molar refractivity (Wildman–Crippen MR) is 111 cm³/mol. The Hall–Kier alpha value is -2.52. The van der Waals surface area contributed by atoms with Crippen LogP contribution >= 0.6 is 0 Å². The number of aliphatic hydroxyl groups excluding tert-OH is 1. The Balaban J connectivity index is 5.40. The van der Waals surface area contributed by atoms with Crippen LogP contribution in [0.3, 0.4) is 0 Å². The van der Waals surface area contributed by atoms with Gasteiger partial charge in [-0.25, -0.2) is 0 Å². The van der Waals surface area contributed by atoms with E-state index in [4.69, 9.17) is 0 Å². The summed E-state index contributed by atoms with van der Waals surface area (Å²) in [5.74, 6) is 0. The molecule has 136 valence electrons. The highest BCUT2D eigenvalue weighted by molar-refractivity contribution is 5.50. The number of hydrogen-bond acceptors (Lipinski definition) is 3. The maximum absolute atomic E-state index is 9.19. The van der Waals surface area contributed by atoms with Crippen LogP contribution < -0.4 is 10.6 Å². The van der Waals surface area contributed by atoms with Gasteiger partial charge in [0.2, 0.25) is 0 Å². The molecule has 0 aliphatic heterocycles. The van der Waals surface area contributed by atoms with Crippen molar-refractivity contribution in [3.05, 3.63) is 96.5 Å². The Morgan fingerprint density at radius 3 is 2.28 bits per heavy atom. The van der Waals surface area contributed by atoms with Crippen molar-refractivity contribution < 1.29 is 5.11 Å². The van der Waals surface area contributed by atoms with E-state index in [0.29, 0.717) is 0 Å². The second kappa shape index (κ2) is 13.9. The van der Waals surface area contributed by atoms with Gasteiger partial charge in [0.05, 0.1) is 6.61 Å². The molecule has 0 fully saturated rings. The van der Waals surface area contributed by atoms with Crippen molar-refractivity contribution in [3.63, 3.8) is 0 Å². The smallest absolute Gasteiger partial charge is 0.0621 e. The van der Waals surface area contributed by atoms with Gasteiger partial charge in [-0.3, -0.25) is 0 Å². The number of aliphatic hydroxyl groups is 1. The molecule has 0 amide bonds. The average molecular weight is 341 g/mol. The van der Waals surface area contributed by atoms with E-state index in [9.17, 15) is 5.11 Å². The minimum absolute atomic E-state index is 0.0119. The first kappa shape index (κ1) is 22.5. The topological polar surface area (TPSA) is 44.3 Å². The van der Waals surface area contributed by atoms with Crippen molar-refractivity contribution in [1.82, 2.24) is 10.6 Å². The van der Waals surface area contributed by atoms with Crippen molar-refractivity contribution in [3.8, 4) is 0 Å². The van der Waals surface area contributed by atoms with Crippen molar-refractivity contribution >= 4 is 0 Å². The Morgan fingerprint density at radius 1 is 1.08 bits per heavy atom. The molecule has 3 nitrogen and oxygen atoms in total. The third kappa shape index (κ3) is 8.77. The highest BCUT2D eigenvalue weighted by atomic mass is 16.2. The van der Waals surface area contributed by atoms with Gasteiger partial charge in [0.25, 0.3) is 0 Å². The summed E-state index contributed by atoms with van der Waals surface area (Å²) in [6, 6.07) is 0. The van der Waals surface area contributed by atoms with Crippen LogP contribution in [-0.4, -0.2) is 25.8 Å². The van der Waals surface area contributed by atoms with Gasteiger partial charge in [-0.1, -0.05) is 50.1 Å². The zero-order chi connectivity index (χ0) is 19.1. The molecule has 0 aromatic carbocycles. The standard InChI is InChI=1S/C22H32N2O/c1-7-9-10-21(19(4)18(3)13-15-23-5)11-12-22(17-24-6)20(8-2)14-16-25/h7-10,13-15,17,23-25H,2-4,11-12,16H2,1,5-6H3/b9-7-,15-13-,20-14-,21-10-,22-17-. The van der Waals surface area contributed by atoms with E-state index < -0.39 is 0 Å². The van der Waals surface area contributed by atoms with Crippen LogP contribution in [0.2, 0.25) is 0 Å². The minimum atomic E-state index is -0.0119. The lowest BCUT2D eigenvalue weighted by Crippen LogP contribution is -2.01. The molecular weight excluding hydrogens is 308 g/mol. The van der Waals surface area contributed by atoms with Crippen molar-refractivity contribution in [2.75, 3.05) is 20.7 Å². The van der Waals surface area contributed by atoms with Crippen LogP contribution in [0.5, 0.6) is 0 Å². The number of rotatable bonds is 12. The minimum Gasteiger partial charge on any atom is -0.394 e. The lowest BCUT2D eigenvalue weighted by Gasteiger charge is -2.14. The average Bonchev–Trinajstić information content (AvgIpc) is 2.62. The van der Waals surface area contributed by atoms with E-state index in [1.165, 1.54) is 0 Å². The number of hydrogen-bond donors (Lipinski definition) is 3. The second-order valence-corrected chi connectivity index (χ2v) is 5.35. The van der Waals surface area contributed by atoms with E-state index >= 15 is 0 Å². The van der Waals surface area contributed by atoms with Crippen LogP contribution in [0.1, 0.15) is 19.8 Å². The lowest BCUT2D eigenvalue weighted by atomic mass is 9.92. The summed E-state index contributed by atoms with van der Waals surface area (Å²) in [6.07, 6.45) is 16.9. The fraction of sp³-hybridized carbons (Fsp3) is 0.273. The largest absolute Gasteiger partial charge is 0.394 e. The fourth-order valence-electron chi connectivity index (χ4n) is 2.23. The van der Waals surface area contributed by atoms with Gasteiger partial charge in [-0.05, 0) is 66.1 Å². The number of allylic oxidation sites excluding steroid dienone is 10. The van der Waals surface area contributed by atoms with Gasteiger partial charge in [0.15, 0.2) is 0 Å². The molecule has 0 saturated carbocycles. The van der Waals surface area contributed by atoms with Gasteiger partial charge >= 0.3 is 0 Å². The molecule has 0 aliphatic rings. The van der Waals surface area contributed by atoms with E-state index in [1.807, 2.05) is 51.6 Å². The Labute approximate surface area is 153 Å². The molecule has 0 aliphatic carbocycles. The maximum Gasteiger partial charge on any atom is 0.0621 e. The highest BCUT2D eigenvalue weighted by Crippen LogP contribution is 2.26. The molecule has 0 unspecified atom stereocenters. The van der Waals surface area contributed by atoms with Crippen LogP contribution in [0.25, 0.3) is 0 Å². The summed E-state index contributed by atoms with van der Waals surface area (Å²) in [6.45, 7) is 14.1. The van der Waals surface area contributed by atoms with E-state index in [2.05, 4.69) is 36.4 Å². The summed E-state index contributed by atoms with van der Waals surface area (Å²) in [5, 5.41) is 15.2. The molecule has 0 rings (SSSR count). The molecule has 0 radical (unpaired) electrons. The second-order valence-electron chi connectivity index (χ2n) is 5.35. The van der Waals surface area contributed by atoms with Crippen molar-refractivity contribution in [1.29, 1.82) is 0 Å². The summed E-state index contributed by atoms with van der Waals surface area (Å²) < 4.78 is 0. The first-order valence-electron chi connectivity index (χ1n) is 8.40. The highest BCUT2D eigenvalue weighted by Gasteiger charge is 2.08. The Bertz CT molecular complexity index is 602. The van der Waals surface area contributed by atoms with Crippen LogP contribution in [0, 0.1) is 0 Å². The lowest BCUT2D eigenvalue weighted by molar-refractivity contribution is 0.342. The van der Waals surface area contributed by atoms with Crippen molar-refractivity contribution in [2.45, 2.75) is 19.8 Å². The van der Waals surface area contributed by atoms with Gasteiger partial charge in [0, 0.05) is 14.1 Å². The molecule has 0 heterocycles. The molecule has 3 N–H and O–H groups in total. The van der Waals surface area contributed by atoms with Crippen molar-refractivity contribution in [2.24, 2.45) is 0 Å². The summed E-state index contributed by atoms with van der Waals surface area (Å²) in [4.78, 5) is 0. The molecule has 3 heteroatoms. The van der Waals surface area contributed by atoms with Crippen LogP contribution in [-0.2, 0) is 0 Å². The third-order valence-electron chi connectivity index (χ3n) is 3.60. The van der Waals surface area contributed by atoms with Gasteiger partial charge in [0.1, 0.15) is 0 Å². The van der Waals surface area contributed by atoms with E-state index in [0.717, 1.165) is 40.7 Å². The summed E-state index contributed by atoms with van der Waals surface area (Å²) in [5.41, 5.74) is 4.93. The van der Waals surface area contributed by atoms with Gasteiger partial charge in [-0.2, -0.15) is 0 Å². The summed E-state index contributed by atoms with van der Waals surface area (Å²) >= 11 is 0. The first-order valence-corrected chi connectivity index (χ1v) is 8.40. The van der Waals surface area contributed by atoms with Gasteiger partial charge < -0.3 is 15.7 Å². The Morgan fingerprint density at radius 2 is 1.76 bits per heavy atom. The monoisotopic (exact) mass is 340 g/mol. The van der Waals surface area contributed by atoms with E-state index in [-0.39, 0.29) is 6.61 Å². The zero-order valence-corrected chi connectivity index (χ0v) is 15.8. The number of nitrogens with one attached hydrogen (secondary N) is 2. The molecule has 0 bridgehead atoms. The quantitative estimate of drug-likeness (QED) is 0.464. The fourth-order valence-corrected chi connectivity index (χ4v) is 2.23. The molecule has 25 heavy (non-hydrogen) atoms. The predicted octanol–water partition coefficient (Wildman–Crippen LogP) is 4.32. The van der Waals surface area contributed by atoms with Crippen LogP contribution in [0.4, 0.5) is 0 Å². The third-order valence-corrected chi connectivity index (χ3v) is 3.60.